The van der Waals surface area contributed by atoms with E-state index in [0.717, 1.165) is 12.2 Å². The van der Waals surface area contributed by atoms with Crippen LogP contribution in [0, 0.1) is 0 Å². The molecule has 0 aliphatic heterocycles. The molecule has 0 aliphatic carbocycles. The van der Waals surface area contributed by atoms with E-state index < -0.39 is 0 Å². The normalized spacial score (nSPS) is 10.4. The molecule has 0 saturated carbocycles. The van der Waals surface area contributed by atoms with Crippen LogP contribution in [0.5, 0.6) is 0 Å². The van der Waals surface area contributed by atoms with Crippen molar-refractivity contribution in [1.29, 1.82) is 0 Å². The molecule has 4 heteroatoms. The first-order valence-electron chi connectivity index (χ1n) is 5.78. The lowest BCUT2D eigenvalue weighted by molar-refractivity contribution is 1.09. The fraction of sp³-hybridized carbons (Fsp3) is 0.0714. The fourth-order valence-corrected chi connectivity index (χ4v) is 2.72. The molecular weight excluding hydrogens is 242 g/mol. The topological polar surface area (TPSA) is 40.7 Å². The zero-order valence-electron chi connectivity index (χ0n) is 9.76. The van der Waals surface area contributed by atoms with E-state index in [1.807, 2.05) is 23.6 Å². The molecule has 0 radical (unpaired) electrons. The predicted octanol–water partition coefficient (Wildman–Crippen LogP) is 3.75. The van der Waals surface area contributed by atoms with Gasteiger partial charge in [0.05, 0.1) is 11.9 Å². The van der Waals surface area contributed by atoms with Crippen molar-refractivity contribution < 1.29 is 0 Å². The van der Waals surface area contributed by atoms with E-state index in [4.69, 9.17) is 0 Å². The van der Waals surface area contributed by atoms with Crippen molar-refractivity contribution in [3.63, 3.8) is 0 Å². The summed E-state index contributed by atoms with van der Waals surface area (Å²) in [6, 6.07) is 14.8. The van der Waals surface area contributed by atoms with Crippen LogP contribution < -0.4 is 5.32 Å². The molecule has 90 valence electrons. The molecule has 0 unspecified atom stereocenters. The number of aromatic nitrogens is 2. The molecule has 0 aliphatic rings. The van der Waals surface area contributed by atoms with Crippen molar-refractivity contribution in [2.24, 2.45) is 0 Å². The Morgan fingerprint density at radius 2 is 2.00 bits per heavy atom. The summed E-state index contributed by atoms with van der Waals surface area (Å²) in [6.45, 7) is 0.830. The Morgan fingerprint density at radius 1 is 1.11 bits per heavy atom. The first-order chi connectivity index (χ1) is 8.92. The van der Waals surface area contributed by atoms with Crippen LogP contribution in [0.25, 0.3) is 10.4 Å². The van der Waals surface area contributed by atoms with Gasteiger partial charge in [-0.3, -0.25) is 5.10 Å². The van der Waals surface area contributed by atoms with Crippen LogP contribution >= 0.6 is 11.3 Å². The van der Waals surface area contributed by atoms with Gasteiger partial charge in [-0.15, -0.1) is 11.3 Å². The number of thiophene rings is 1. The minimum atomic E-state index is 0.830. The molecule has 2 heterocycles. The zero-order valence-corrected chi connectivity index (χ0v) is 10.6. The summed E-state index contributed by atoms with van der Waals surface area (Å²) in [5.41, 5.74) is 2.29. The third-order valence-electron chi connectivity index (χ3n) is 2.68. The van der Waals surface area contributed by atoms with Gasteiger partial charge in [0, 0.05) is 22.5 Å². The van der Waals surface area contributed by atoms with E-state index in [-0.39, 0.29) is 0 Å². The van der Waals surface area contributed by atoms with E-state index in [9.17, 15) is 0 Å². The number of H-pyrrole nitrogens is 1. The molecule has 3 nitrogen and oxygen atoms in total. The van der Waals surface area contributed by atoms with Crippen molar-refractivity contribution in [3.8, 4) is 10.4 Å². The second-order valence-corrected chi connectivity index (χ2v) is 5.14. The van der Waals surface area contributed by atoms with Gasteiger partial charge in [-0.2, -0.15) is 5.10 Å². The van der Waals surface area contributed by atoms with Gasteiger partial charge in [0.1, 0.15) is 0 Å². The third kappa shape index (κ3) is 2.43. The molecule has 0 saturated heterocycles. The van der Waals surface area contributed by atoms with E-state index in [2.05, 4.69) is 51.9 Å². The summed E-state index contributed by atoms with van der Waals surface area (Å²) in [5, 5.41) is 10.0. The van der Waals surface area contributed by atoms with Gasteiger partial charge in [0.25, 0.3) is 0 Å². The monoisotopic (exact) mass is 255 g/mol. The molecule has 1 aromatic carbocycles. The molecule has 3 rings (SSSR count). The Kier molecular flexibility index (Phi) is 3.10. The highest BCUT2D eigenvalue weighted by Gasteiger charge is 2.02. The van der Waals surface area contributed by atoms with E-state index in [0.29, 0.717) is 0 Å². The molecule has 0 spiro atoms. The highest BCUT2D eigenvalue weighted by molar-refractivity contribution is 7.15. The smallest absolute Gasteiger partial charge is 0.0726 e. The Labute approximate surface area is 109 Å². The van der Waals surface area contributed by atoms with Gasteiger partial charge >= 0.3 is 0 Å². The van der Waals surface area contributed by atoms with Gasteiger partial charge in [-0.1, -0.05) is 30.3 Å². The summed E-state index contributed by atoms with van der Waals surface area (Å²) >= 11 is 1.81. The second kappa shape index (κ2) is 5.06. The van der Waals surface area contributed by atoms with E-state index in [1.165, 1.54) is 15.3 Å². The van der Waals surface area contributed by atoms with Crippen molar-refractivity contribution >= 4 is 17.0 Å². The average molecular weight is 255 g/mol. The van der Waals surface area contributed by atoms with Gasteiger partial charge in [0.2, 0.25) is 0 Å². The van der Waals surface area contributed by atoms with Crippen molar-refractivity contribution in [2.75, 3.05) is 5.32 Å². The van der Waals surface area contributed by atoms with E-state index in [1.54, 1.807) is 6.20 Å². The lowest BCUT2D eigenvalue weighted by Gasteiger charge is -1.99. The summed E-state index contributed by atoms with van der Waals surface area (Å²) < 4.78 is 0. The van der Waals surface area contributed by atoms with Gasteiger partial charge in [0.15, 0.2) is 0 Å². The highest BCUT2D eigenvalue weighted by Crippen LogP contribution is 2.28. The summed E-state index contributed by atoms with van der Waals surface area (Å²) in [5.74, 6) is 0. The summed E-state index contributed by atoms with van der Waals surface area (Å²) in [6.07, 6.45) is 3.64. The maximum atomic E-state index is 3.90. The number of nitrogens with one attached hydrogen (secondary N) is 2. The number of rotatable bonds is 4. The molecule has 18 heavy (non-hydrogen) atoms. The number of hydrogen-bond acceptors (Lipinski definition) is 3. The minimum Gasteiger partial charge on any atom is -0.378 e. The second-order valence-electron chi connectivity index (χ2n) is 3.97. The number of hydrogen-bond donors (Lipinski definition) is 2. The highest BCUT2D eigenvalue weighted by atomic mass is 32.1. The maximum Gasteiger partial charge on any atom is 0.0726 e. The number of anilines is 1. The Balaban J connectivity index is 1.70. The lowest BCUT2D eigenvalue weighted by atomic mass is 10.2. The van der Waals surface area contributed by atoms with Crippen molar-refractivity contribution in [1.82, 2.24) is 10.2 Å². The average Bonchev–Trinajstić information content (AvgIpc) is 3.09. The van der Waals surface area contributed by atoms with Gasteiger partial charge < -0.3 is 5.32 Å². The van der Waals surface area contributed by atoms with Crippen molar-refractivity contribution in [2.45, 2.75) is 6.54 Å². The molecule has 0 amide bonds. The van der Waals surface area contributed by atoms with Crippen LogP contribution in [-0.4, -0.2) is 10.2 Å². The maximum absolute atomic E-state index is 3.90. The molecular formula is C14H13N3S. The molecule has 0 atom stereocenters. The van der Waals surface area contributed by atoms with Crippen LogP contribution in [0.15, 0.2) is 54.9 Å². The summed E-state index contributed by atoms with van der Waals surface area (Å²) in [7, 11) is 0. The minimum absolute atomic E-state index is 0.830. The van der Waals surface area contributed by atoms with Crippen LogP contribution in [0.4, 0.5) is 5.69 Å². The molecule has 0 bridgehead atoms. The number of nitrogens with zero attached hydrogens (tertiary/aromatic N) is 1. The first-order valence-corrected chi connectivity index (χ1v) is 6.60. The number of benzene rings is 1. The van der Waals surface area contributed by atoms with Gasteiger partial charge in [-0.25, -0.2) is 0 Å². The fourth-order valence-electron chi connectivity index (χ4n) is 1.77. The van der Waals surface area contributed by atoms with Crippen LogP contribution in [0.3, 0.4) is 0 Å². The van der Waals surface area contributed by atoms with Gasteiger partial charge in [-0.05, 0) is 17.7 Å². The van der Waals surface area contributed by atoms with Crippen LogP contribution in [0.1, 0.15) is 4.88 Å². The summed E-state index contributed by atoms with van der Waals surface area (Å²) in [4.78, 5) is 2.62. The SMILES string of the molecule is c1ccc(-c2ccc(CNc3cn[nH]c3)s2)cc1. The molecule has 0 fully saturated rings. The van der Waals surface area contributed by atoms with E-state index >= 15 is 0 Å². The first kappa shape index (κ1) is 11.0. The largest absolute Gasteiger partial charge is 0.378 e. The Morgan fingerprint density at radius 3 is 2.78 bits per heavy atom. The molecule has 2 N–H and O–H groups in total. The number of aromatic amines is 1. The lowest BCUT2D eigenvalue weighted by Crippen LogP contribution is -1.95. The van der Waals surface area contributed by atoms with Crippen LogP contribution in [-0.2, 0) is 6.54 Å². The molecule has 2 aromatic heterocycles. The van der Waals surface area contributed by atoms with Crippen molar-refractivity contribution in [3.05, 3.63) is 59.7 Å². The zero-order chi connectivity index (χ0) is 12.2. The Hall–Kier alpha value is -2.07. The molecule has 3 aromatic rings. The third-order valence-corrected chi connectivity index (χ3v) is 3.82. The Bertz CT molecular complexity index is 599. The quantitative estimate of drug-likeness (QED) is 0.745. The van der Waals surface area contributed by atoms with Crippen LogP contribution in [0.2, 0.25) is 0 Å². The predicted molar refractivity (Wildman–Crippen MR) is 75.7 cm³/mol. The standard InChI is InChI=1S/C14H13N3S/c1-2-4-11(5-3-1)14-7-6-13(18-14)10-15-12-8-16-17-9-12/h1-9,15H,10H2,(H,16,17).